The number of rotatable bonds is 6. The van der Waals surface area contributed by atoms with Gasteiger partial charge in [-0.15, -0.1) is 0 Å². The molecule has 1 heterocycles. The Labute approximate surface area is 140 Å². The highest BCUT2D eigenvalue weighted by atomic mass is 19.1. The molecular weight excluding hydrogens is 313 g/mol. The number of Topliss-reactive ketones (excluding diaryl/α,β-unsaturated/α-hetero) is 1. The lowest BCUT2D eigenvalue weighted by Gasteiger charge is -2.31. The molecule has 6 heteroatoms. The first-order valence-electron chi connectivity index (χ1n) is 8.19. The zero-order valence-electron chi connectivity index (χ0n) is 13.8. The van der Waals surface area contributed by atoms with E-state index in [-0.39, 0.29) is 23.9 Å². The largest absolute Gasteiger partial charge is 0.393 e. The molecule has 130 valence electrons. The Morgan fingerprint density at radius 3 is 2.38 bits per heavy atom. The molecule has 0 unspecified atom stereocenters. The normalized spacial score (nSPS) is 15.9. The minimum absolute atomic E-state index is 0.0330. The van der Waals surface area contributed by atoms with Crippen LogP contribution in [0.1, 0.15) is 43.0 Å². The Morgan fingerprint density at radius 1 is 1.17 bits per heavy atom. The number of carbonyl (C=O) groups excluding carboxylic acids is 3. The summed E-state index contributed by atoms with van der Waals surface area (Å²) in [7, 11) is 0. The zero-order valence-corrected chi connectivity index (χ0v) is 13.8. The molecule has 1 saturated heterocycles. The Kier molecular flexibility index (Phi) is 6.61. The lowest BCUT2D eigenvalue weighted by molar-refractivity contribution is -0.158. The molecule has 2 rings (SSSR count). The van der Waals surface area contributed by atoms with Crippen molar-refractivity contribution < 1.29 is 23.5 Å². The van der Waals surface area contributed by atoms with Crippen molar-refractivity contribution in [3.63, 3.8) is 0 Å². The minimum Gasteiger partial charge on any atom is -0.393 e. The van der Waals surface area contributed by atoms with Crippen LogP contribution in [0.3, 0.4) is 0 Å². The number of esters is 2. The number of nitrogens with zero attached hydrogens (tertiary/aromatic N) is 1. The van der Waals surface area contributed by atoms with Crippen LogP contribution in [0.2, 0.25) is 0 Å². The molecule has 0 radical (unpaired) electrons. The fraction of sp³-hybridized carbons (Fsp3) is 0.500. The first kappa shape index (κ1) is 18.3. The topological polar surface area (TPSA) is 63.7 Å². The summed E-state index contributed by atoms with van der Waals surface area (Å²) < 4.78 is 17.4. The molecule has 0 amide bonds. The van der Waals surface area contributed by atoms with Crippen molar-refractivity contribution in [3.8, 4) is 0 Å². The predicted molar refractivity (Wildman–Crippen MR) is 85.9 cm³/mol. The molecule has 0 bridgehead atoms. The average molecular weight is 335 g/mol. The summed E-state index contributed by atoms with van der Waals surface area (Å²) in [6.45, 7) is 3.53. The highest BCUT2D eigenvalue weighted by Gasteiger charge is 2.25. The number of likely N-dealkylation sites (tertiary alicyclic amines) is 1. The Balaban J connectivity index is 1.71. The van der Waals surface area contributed by atoms with Gasteiger partial charge < -0.3 is 9.64 Å². The standard InChI is InChI=1S/C18H22FNO4/c1-13(21)24-17(22)3-2-10-20-11-8-15(9-12-20)18(23)14-4-6-16(19)7-5-14/h4-7,15H,2-3,8-12H2,1H3. The summed E-state index contributed by atoms with van der Waals surface area (Å²) in [5.41, 5.74) is 0.557. The molecule has 1 aliphatic heterocycles. The predicted octanol–water partition coefficient (Wildman–Crippen LogP) is 2.59. The third-order valence-electron chi connectivity index (χ3n) is 4.20. The molecule has 5 nitrogen and oxygen atoms in total. The molecule has 0 atom stereocenters. The smallest absolute Gasteiger partial charge is 0.313 e. The number of ether oxygens (including phenoxy) is 1. The van der Waals surface area contributed by atoms with Gasteiger partial charge >= 0.3 is 11.9 Å². The lowest BCUT2D eigenvalue weighted by Crippen LogP contribution is -2.37. The monoisotopic (exact) mass is 335 g/mol. The van der Waals surface area contributed by atoms with Gasteiger partial charge in [-0.05, 0) is 63.2 Å². The van der Waals surface area contributed by atoms with Crippen LogP contribution >= 0.6 is 0 Å². The van der Waals surface area contributed by atoms with Gasteiger partial charge in [-0.25, -0.2) is 4.39 Å². The van der Waals surface area contributed by atoms with Gasteiger partial charge in [0.25, 0.3) is 0 Å². The van der Waals surface area contributed by atoms with Crippen LogP contribution in [-0.4, -0.2) is 42.3 Å². The van der Waals surface area contributed by atoms with Crippen LogP contribution in [0.4, 0.5) is 4.39 Å². The maximum atomic E-state index is 12.9. The fourth-order valence-electron chi connectivity index (χ4n) is 2.93. The van der Waals surface area contributed by atoms with Crippen molar-refractivity contribution >= 4 is 17.7 Å². The maximum Gasteiger partial charge on any atom is 0.313 e. The molecule has 0 spiro atoms. The SMILES string of the molecule is CC(=O)OC(=O)CCCN1CCC(C(=O)c2ccc(F)cc2)CC1. The van der Waals surface area contributed by atoms with Gasteiger partial charge in [-0.3, -0.25) is 14.4 Å². The number of hydrogen-bond donors (Lipinski definition) is 0. The first-order valence-corrected chi connectivity index (χ1v) is 8.19. The van der Waals surface area contributed by atoms with Gasteiger partial charge in [0.1, 0.15) is 5.82 Å². The van der Waals surface area contributed by atoms with Crippen LogP contribution in [0, 0.1) is 11.7 Å². The fourth-order valence-corrected chi connectivity index (χ4v) is 2.93. The summed E-state index contributed by atoms with van der Waals surface area (Å²) in [6.07, 6.45) is 2.36. The molecule has 0 aliphatic carbocycles. The zero-order chi connectivity index (χ0) is 17.5. The van der Waals surface area contributed by atoms with Gasteiger partial charge in [0.15, 0.2) is 5.78 Å². The van der Waals surface area contributed by atoms with Gasteiger partial charge in [0.2, 0.25) is 0 Å². The summed E-state index contributed by atoms with van der Waals surface area (Å²) in [5, 5.41) is 0. The second kappa shape index (κ2) is 8.68. The third kappa shape index (κ3) is 5.53. The van der Waals surface area contributed by atoms with E-state index in [4.69, 9.17) is 0 Å². The number of carbonyl (C=O) groups is 3. The van der Waals surface area contributed by atoms with Crippen LogP contribution in [0.5, 0.6) is 0 Å². The van der Waals surface area contributed by atoms with E-state index >= 15 is 0 Å². The van der Waals surface area contributed by atoms with Crippen molar-refractivity contribution in [2.24, 2.45) is 5.92 Å². The van der Waals surface area contributed by atoms with Gasteiger partial charge in [-0.1, -0.05) is 0 Å². The van der Waals surface area contributed by atoms with Gasteiger partial charge in [-0.2, -0.15) is 0 Å². The molecule has 1 aliphatic rings. The summed E-state index contributed by atoms with van der Waals surface area (Å²) in [6, 6.07) is 5.68. The van der Waals surface area contributed by atoms with Crippen LogP contribution in [0.15, 0.2) is 24.3 Å². The third-order valence-corrected chi connectivity index (χ3v) is 4.20. The van der Waals surface area contributed by atoms with E-state index in [1.807, 2.05) is 0 Å². The summed E-state index contributed by atoms with van der Waals surface area (Å²) in [5.74, 6) is -1.39. The average Bonchev–Trinajstić information content (AvgIpc) is 2.55. The van der Waals surface area contributed by atoms with Crippen LogP contribution in [-0.2, 0) is 14.3 Å². The number of ketones is 1. The van der Waals surface area contributed by atoms with E-state index in [0.29, 0.717) is 12.0 Å². The minimum atomic E-state index is -0.583. The number of halogens is 1. The van der Waals surface area contributed by atoms with Crippen molar-refractivity contribution in [2.45, 2.75) is 32.6 Å². The molecule has 1 fully saturated rings. The highest BCUT2D eigenvalue weighted by Crippen LogP contribution is 2.22. The summed E-state index contributed by atoms with van der Waals surface area (Å²) in [4.78, 5) is 36.5. The molecule has 0 aromatic heterocycles. The van der Waals surface area contributed by atoms with Crippen molar-refractivity contribution in [1.29, 1.82) is 0 Å². The van der Waals surface area contributed by atoms with E-state index < -0.39 is 11.9 Å². The lowest BCUT2D eigenvalue weighted by atomic mass is 9.89. The first-order chi connectivity index (χ1) is 11.5. The van der Waals surface area contributed by atoms with Crippen molar-refractivity contribution in [2.75, 3.05) is 19.6 Å². The van der Waals surface area contributed by atoms with E-state index in [2.05, 4.69) is 9.64 Å². The summed E-state index contributed by atoms with van der Waals surface area (Å²) >= 11 is 0. The van der Waals surface area contributed by atoms with Crippen LogP contribution < -0.4 is 0 Å². The Hall–Kier alpha value is -2.08. The van der Waals surface area contributed by atoms with Gasteiger partial charge in [0, 0.05) is 24.8 Å². The molecule has 1 aromatic rings. The number of benzene rings is 1. The number of hydrogen-bond acceptors (Lipinski definition) is 5. The quantitative estimate of drug-likeness (QED) is 0.454. The highest BCUT2D eigenvalue weighted by molar-refractivity contribution is 5.97. The Bertz CT molecular complexity index is 592. The Morgan fingerprint density at radius 2 is 1.79 bits per heavy atom. The van der Waals surface area contributed by atoms with Crippen molar-refractivity contribution in [3.05, 3.63) is 35.6 Å². The van der Waals surface area contributed by atoms with E-state index in [1.54, 1.807) is 0 Å². The molecule has 0 N–H and O–H groups in total. The second-order valence-electron chi connectivity index (χ2n) is 6.06. The van der Waals surface area contributed by atoms with Crippen molar-refractivity contribution in [1.82, 2.24) is 4.90 Å². The van der Waals surface area contributed by atoms with Gasteiger partial charge in [0.05, 0.1) is 0 Å². The van der Waals surface area contributed by atoms with E-state index in [1.165, 1.54) is 31.2 Å². The number of piperidine rings is 1. The molecule has 1 aromatic carbocycles. The van der Waals surface area contributed by atoms with E-state index in [0.717, 1.165) is 32.5 Å². The maximum absolute atomic E-state index is 12.9. The molecule has 0 saturated carbocycles. The molecule has 24 heavy (non-hydrogen) atoms. The van der Waals surface area contributed by atoms with Crippen LogP contribution in [0.25, 0.3) is 0 Å². The molecular formula is C18H22FNO4. The van der Waals surface area contributed by atoms with E-state index in [9.17, 15) is 18.8 Å². The second-order valence-corrected chi connectivity index (χ2v) is 6.06.